The van der Waals surface area contributed by atoms with Crippen molar-refractivity contribution in [2.45, 2.75) is 65.5 Å². The van der Waals surface area contributed by atoms with E-state index in [2.05, 4.69) is 60.6 Å². The summed E-state index contributed by atoms with van der Waals surface area (Å²) in [6, 6.07) is 8.94. The van der Waals surface area contributed by atoms with Gasteiger partial charge < -0.3 is 10.6 Å². The van der Waals surface area contributed by atoms with Crippen molar-refractivity contribution in [1.29, 1.82) is 0 Å². The van der Waals surface area contributed by atoms with Crippen LogP contribution in [0.4, 0.5) is 0 Å². The number of carbonyl (C=O) groups excluding carboxylic acids is 1. The second-order valence-electron chi connectivity index (χ2n) is 9.47. The number of halogens is 2. The number of piperidine rings is 1. The summed E-state index contributed by atoms with van der Waals surface area (Å²) < 4.78 is 0. The molecule has 2 aliphatic heterocycles. The van der Waals surface area contributed by atoms with Crippen LogP contribution in [0.25, 0.3) is 0 Å². The van der Waals surface area contributed by atoms with Gasteiger partial charge in [0.15, 0.2) is 0 Å². The highest BCUT2D eigenvalue weighted by Gasteiger charge is 2.29. The summed E-state index contributed by atoms with van der Waals surface area (Å²) in [6.45, 7) is 11.9. The number of nitrogens with zero attached hydrogens (tertiary/aromatic N) is 1. The first-order valence-electron chi connectivity index (χ1n) is 10.7. The van der Waals surface area contributed by atoms with Crippen LogP contribution in [0.5, 0.6) is 0 Å². The van der Waals surface area contributed by atoms with Gasteiger partial charge in [0, 0.05) is 32.1 Å². The smallest absolute Gasteiger partial charge is 0.220 e. The third kappa shape index (κ3) is 8.09. The second-order valence-corrected chi connectivity index (χ2v) is 9.47. The van der Waals surface area contributed by atoms with Crippen molar-refractivity contribution in [3.63, 3.8) is 0 Å². The fourth-order valence-corrected chi connectivity index (χ4v) is 4.28. The first-order valence-corrected chi connectivity index (χ1v) is 10.7. The Balaban J connectivity index is 0.00000210. The summed E-state index contributed by atoms with van der Waals surface area (Å²) in [5, 5.41) is 6.77. The van der Waals surface area contributed by atoms with Gasteiger partial charge >= 0.3 is 0 Å². The van der Waals surface area contributed by atoms with Gasteiger partial charge in [0.25, 0.3) is 0 Å². The van der Waals surface area contributed by atoms with E-state index in [-0.39, 0.29) is 42.2 Å². The van der Waals surface area contributed by atoms with E-state index in [1.165, 1.54) is 24.0 Å². The molecular weight excluding hydrogens is 405 g/mol. The maximum atomic E-state index is 12.6. The van der Waals surface area contributed by atoms with Crippen molar-refractivity contribution in [3.8, 4) is 0 Å². The van der Waals surface area contributed by atoms with Gasteiger partial charge in [-0.05, 0) is 61.2 Å². The van der Waals surface area contributed by atoms with Crippen molar-refractivity contribution in [1.82, 2.24) is 15.5 Å². The average Bonchev–Trinajstić information content (AvgIpc) is 2.66. The Labute approximate surface area is 189 Å². The summed E-state index contributed by atoms with van der Waals surface area (Å²) in [4.78, 5) is 15.1. The lowest BCUT2D eigenvalue weighted by Crippen LogP contribution is -2.51. The SMILES string of the molecule is CC(C)(C)C(CN1CCc2ccccc2C1)NC(=O)CCC1CCNCC1.Cl.Cl. The molecule has 6 heteroatoms. The number of nitrogens with one attached hydrogen (secondary N) is 2. The molecule has 2 heterocycles. The molecule has 2 N–H and O–H groups in total. The summed E-state index contributed by atoms with van der Waals surface area (Å²) in [5.41, 5.74) is 2.97. The van der Waals surface area contributed by atoms with E-state index in [0.29, 0.717) is 12.3 Å². The molecule has 1 atom stereocenters. The molecule has 1 amide bonds. The van der Waals surface area contributed by atoms with Crippen LogP contribution in [-0.2, 0) is 17.8 Å². The highest BCUT2D eigenvalue weighted by molar-refractivity contribution is 5.85. The zero-order valence-corrected chi connectivity index (χ0v) is 19.8. The van der Waals surface area contributed by atoms with Crippen molar-refractivity contribution in [2.24, 2.45) is 11.3 Å². The zero-order valence-electron chi connectivity index (χ0n) is 18.2. The number of fused-ring (bicyclic) bond motifs is 1. The molecule has 1 aromatic rings. The molecule has 3 rings (SSSR count). The highest BCUT2D eigenvalue weighted by Crippen LogP contribution is 2.24. The Hall–Kier alpha value is -0.810. The average molecular weight is 444 g/mol. The van der Waals surface area contributed by atoms with Crippen LogP contribution in [0.2, 0.25) is 0 Å². The van der Waals surface area contributed by atoms with E-state index in [4.69, 9.17) is 0 Å². The first kappa shape index (κ1) is 26.2. The van der Waals surface area contributed by atoms with Crippen molar-refractivity contribution < 1.29 is 4.79 Å². The second kappa shape index (κ2) is 12.1. The third-order valence-corrected chi connectivity index (χ3v) is 6.27. The van der Waals surface area contributed by atoms with Gasteiger partial charge in [-0.25, -0.2) is 0 Å². The molecular formula is C23H39Cl2N3O. The van der Waals surface area contributed by atoms with Crippen LogP contribution >= 0.6 is 24.8 Å². The Morgan fingerprint density at radius 3 is 2.48 bits per heavy atom. The number of rotatable bonds is 6. The van der Waals surface area contributed by atoms with Crippen LogP contribution in [0.1, 0.15) is 57.6 Å². The molecule has 1 aromatic carbocycles. The van der Waals surface area contributed by atoms with E-state index < -0.39 is 0 Å². The molecule has 1 saturated heterocycles. The minimum atomic E-state index is 0. The van der Waals surface area contributed by atoms with Gasteiger partial charge in [0.2, 0.25) is 5.91 Å². The molecule has 0 saturated carbocycles. The van der Waals surface area contributed by atoms with Crippen molar-refractivity contribution in [3.05, 3.63) is 35.4 Å². The minimum absolute atomic E-state index is 0. The standard InChI is InChI=1S/C23H37N3O.2ClH/c1-23(2,3)21(25-22(27)9-8-18-10-13-24-14-11-18)17-26-15-12-19-6-4-5-7-20(19)16-26;;/h4-7,18,21,24H,8-17H2,1-3H3,(H,25,27);2*1H. The van der Waals surface area contributed by atoms with Crippen LogP contribution in [-0.4, -0.2) is 43.0 Å². The predicted octanol–water partition coefficient (Wildman–Crippen LogP) is 4.20. The fraction of sp³-hybridized carbons (Fsp3) is 0.696. The lowest BCUT2D eigenvalue weighted by molar-refractivity contribution is -0.123. The largest absolute Gasteiger partial charge is 0.352 e. The Morgan fingerprint density at radius 2 is 1.83 bits per heavy atom. The topological polar surface area (TPSA) is 44.4 Å². The fourth-order valence-electron chi connectivity index (χ4n) is 4.28. The monoisotopic (exact) mass is 443 g/mol. The van der Waals surface area contributed by atoms with Crippen LogP contribution in [0, 0.1) is 11.3 Å². The summed E-state index contributed by atoms with van der Waals surface area (Å²) in [6.07, 6.45) is 5.23. The van der Waals surface area contributed by atoms with Gasteiger partial charge in [-0.15, -0.1) is 24.8 Å². The van der Waals surface area contributed by atoms with E-state index in [9.17, 15) is 4.79 Å². The molecule has 2 aliphatic rings. The van der Waals surface area contributed by atoms with Gasteiger partial charge in [0.1, 0.15) is 0 Å². The molecule has 0 spiro atoms. The van der Waals surface area contributed by atoms with Gasteiger partial charge in [-0.3, -0.25) is 9.69 Å². The molecule has 29 heavy (non-hydrogen) atoms. The summed E-state index contributed by atoms with van der Waals surface area (Å²) in [7, 11) is 0. The maximum absolute atomic E-state index is 12.6. The first-order chi connectivity index (χ1) is 12.9. The van der Waals surface area contributed by atoms with Gasteiger partial charge in [-0.2, -0.15) is 0 Å². The number of hydrogen-bond acceptors (Lipinski definition) is 3. The van der Waals surface area contributed by atoms with E-state index in [0.717, 1.165) is 45.6 Å². The maximum Gasteiger partial charge on any atom is 0.220 e. The van der Waals surface area contributed by atoms with E-state index in [1.807, 2.05) is 0 Å². The zero-order chi connectivity index (χ0) is 19.3. The Bertz CT molecular complexity index is 627. The summed E-state index contributed by atoms with van der Waals surface area (Å²) >= 11 is 0. The molecule has 1 unspecified atom stereocenters. The van der Waals surface area contributed by atoms with Crippen LogP contribution < -0.4 is 10.6 Å². The minimum Gasteiger partial charge on any atom is -0.352 e. The van der Waals surface area contributed by atoms with Crippen LogP contribution in [0.15, 0.2) is 24.3 Å². The van der Waals surface area contributed by atoms with E-state index in [1.54, 1.807) is 0 Å². The van der Waals surface area contributed by atoms with Crippen molar-refractivity contribution >= 4 is 30.7 Å². The van der Waals surface area contributed by atoms with Gasteiger partial charge in [0.05, 0.1) is 0 Å². The Morgan fingerprint density at radius 1 is 1.17 bits per heavy atom. The lowest BCUT2D eigenvalue weighted by Gasteiger charge is -2.38. The molecule has 1 fully saturated rings. The normalized spacial score (nSPS) is 18.7. The molecule has 0 radical (unpaired) electrons. The number of benzene rings is 1. The lowest BCUT2D eigenvalue weighted by atomic mass is 9.85. The Kier molecular flexibility index (Phi) is 11.0. The van der Waals surface area contributed by atoms with Crippen molar-refractivity contribution in [2.75, 3.05) is 26.2 Å². The quantitative estimate of drug-likeness (QED) is 0.691. The molecule has 0 aromatic heterocycles. The predicted molar refractivity (Wildman–Crippen MR) is 126 cm³/mol. The molecule has 166 valence electrons. The number of carbonyl (C=O) groups is 1. The number of hydrogen-bond donors (Lipinski definition) is 2. The third-order valence-electron chi connectivity index (χ3n) is 6.27. The van der Waals surface area contributed by atoms with E-state index >= 15 is 0 Å². The number of amides is 1. The summed E-state index contributed by atoms with van der Waals surface area (Å²) in [5.74, 6) is 0.939. The van der Waals surface area contributed by atoms with Crippen LogP contribution in [0.3, 0.4) is 0 Å². The molecule has 4 nitrogen and oxygen atoms in total. The molecule has 0 aliphatic carbocycles. The molecule has 0 bridgehead atoms. The highest BCUT2D eigenvalue weighted by atomic mass is 35.5. The van der Waals surface area contributed by atoms with Gasteiger partial charge in [-0.1, -0.05) is 45.0 Å².